The number of carbonyl (C=O) groups excluding carboxylic acids is 1. The molecule has 0 fully saturated rings. The van der Waals surface area contributed by atoms with E-state index in [1.165, 1.54) is 26.3 Å². The molecule has 172 valence electrons. The highest BCUT2D eigenvalue weighted by molar-refractivity contribution is 7.89. The molecule has 0 spiro atoms. The van der Waals surface area contributed by atoms with E-state index in [0.29, 0.717) is 18.7 Å². The Kier molecular flexibility index (Phi) is 8.40. The van der Waals surface area contributed by atoms with Crippen LogP contribution in [0.25, 0.3) is 6.08 Å². The average molecular weight is 465 g/mol. The van der Waals surface area contributed by atoms with Crippen LogP contribution in [0.5, 0.6) is 5.75 Å². The molecule has 0 radical (unpaired) electrons. The van der Waals surface area contributed by atoms with E-state index in [0.717, 1.165) is 17.5 Å². The number of ether oxygens (including phenoxy) is 1. The van der Waals surface area contributed by atoms with Crippen molar-refractivity contribution in [1.29, 1.82) is 0 Å². The third-order valence-electron chi connectivity index (χ3n) is 5.21. The summed E-state index contributed by atoms with van der Waals surface area (Å²) in [6.07, 6.45) is 3.84. The van der Waals surface area contributed by atoms with Crippen molar-refractivity contribution in [2.45, 2.75) is 17.9 Å². The molecule has 0 aromatic heterocycles. The van der Waals surface area contributed by atoms with E-state index in [1.54, 1.807) is 23.1 Å². The summed E-state index contributed by atoms with van der Waals surface area (Å²) in [5, 5.41) is 0. The van der Waals surface area contributed by atoms with E-state index >= 15 is 0 Å². The first kappa shape index (κ1) is 24.2. The lowest BCUT2D eigenvalue weighted by Crippen LogP contribution is -2.31. The van der Waals surface area contributed by atoms with Crippen LogP contribution in [0.2, 0.25) is 0 Å². The zero-order valence-electron chi connectivity index (χ0n) is 18.8. The van der Waals surface area contributed by atoms with Crippen molar-refractivity contribution in [1.82, 2.24) is 9.62 Å². The number of amides is 1. The van der Waals surface area contributed by atoms with Gasteiger partial charge in [0.2, 0.25) is 15.9 Å². The van der Waals surface area contributed by atoms with Gasteiger partial charge in [-0.25, -0.2) is 13.1 Å². The van der Waals surface area contributed by atoms with Crippen LogP contribution in [0.1, 0.15) is 16.7 Å². The van der Waals surface area contributed by atoms with Gasteiger partial charge in [0, 0.05) is 19.2 Å². The van der Waals surface area contributed by atoms with Crippen molar-refractivity contribution in [2.75, 3.05) is 20.7 Å². The molecule has 3 aromatic rings. The first-order valence-electron chi connectivity index (χ1n) is 10.6. The molecule has 0 aliphatic rings. The maximum atomic E-state index is 13.1. The lowest BCUT2D eigenvalue weighted by molar-refractivity contribution is -0.126. The van der Waals surface area contributed by atoms with Gasteiger partial charge in [0.25, 0.3) is 0 Å². The van der Waals surface area contributed by atoms with Gasteiger partial charge in [-0.3, -0.25) is 4.79 Å². The molecule has 1 N–H and O–H groups in total. The predicted molar refractivity (Wildman–Crippen MR) is 130 cm³/mol. The molecule has 0 saturated carbocycles. The Balaban J connectivity index is 1.81. The highest BCUT2D eigenvalue weighted by Gasteiger charge is 2.18. The summed E-state index contributed by atoms with van der Waals surface area (Å²) < 4.78 is 32.1. The third kappa shape index (κ3) is 6.78. The van der Waals surface area contributed by atoms with Gasteiger partial charge in [-0.1, -0.05) is 66.7 Å². The second-order valence-corrected chi connectivity index (χ2v) is 9.29. The topological polar surface area (TPSA) is 75.7 Å². The summed E-state index contributed by atoms with van der Waals surface area (Å²) in [7, 11) is -0.946. The first-order chi connectivity index (χ1) is 15.9. The molecule has 0 aliphatic carbocycles. The van der Waals surface area contributed by atoms with Gasteiger partial charge in [-0.05, 0) is 48.4 Å². The minimum Gasteiger partial charge on any atom is -0.495 e. The molecule has 7 heteroatoms. The fourth-order valence-corrected chi connectivity index (χ4v) is 4.30. The molecule has 3 rings (SSSR count). The average Bonchev–Trinajstić information content (AvgIpc) is 2.86. The minimum absolute atomic E-state index is 0.0207. The van der Waals surface area contributed by atoms with Crippen molar-refractivity contribution < 1.29 is 17.9 Å². The largest absolute Gasteiger partial charge is 0.495 e. The van der Waals surface area contributed by atoms with Gasteiger partial charge in [0.1, 0.15) is 10.6 Å². The van der Waals surface area contributed by atoms with Crippen LogP contribution >= 0.6 is 0 Å². The Bertz CT molecular complexity index is 1190. The first-order valence-corrected chi connectivity index (χ1v) is 12.1. The highest BCUT2D eigenvalue weighted by atomic mass is 32.2. The number of rotatable bonds is 10. The molecule has 3 aromatic carbocycles. The number of nitrogens with zero attached hydrogens (tertiary/aromatic N) is 1. The molecule has 0 saturated heterocycles. The fraction of sp³-hybridized carbons (Fsp3) is 0.192. The Hall–Kier alpha value is -3.42. The Morgan fingerprint density at radius 3 is 2.21 bits per heavy atom. The molecule has 0 atom stereocenters. The zero-order chi connectivity index (χ0) is 23.7. The van der Waals surface area contributed by atoms with Crippen LogP contribution in [0.3, 0.4) is 0 Å². The van der Waals surface area contributed by atoms with Gasteiger partial charge < -0.3 is 9.64 Å². The number of nitrogens with one attached hydrogen (secondary N) is 1. The second kappa shape index (κ2) is 11.4. The van der Waals surface area contributed by atoms with E-state index in [1.807, 2.05) is 60.7 Å². The van der Waals surface area contributed by atoms with Crippen molar-refractivity contribution in [2.24, 2.45) is 0 Å². The van der Waals surface area contributed by atoms with Crippen LogP contribution in [0.15, 0.2) is 89.8 Å². The van der Waals surface area contributed by atoms with Gasteiger partial charge >= 0.3 is 0 Å². The zero-order valence-corrected chi connectivity index (χ0v) is 19.6. The van der Waals surface area contributed by atoms with Crippen LogP contribution in [0, 0.1) is 0 Å². The fourth-order valence-electron chi connectivity index (χ4n) is 3.37. The lowest BCUT2D eigenvalue weighted by atomic mass is 10.1. The summed E-state index contributed by atoms with van der Waals surface area (Å²) in [6, 6.07) is 24.6. The molecule has 0 bridgehead atoms. The standard InChI is InChI=1S/C26H28N2O4S/c1-27-33(30,31)25-19-22(13-15-24(25)32-2)14-16-26(29)28(20-23-11-7-4-8-12-23)18-17-21-9-5-3-6-10-21/h3-16,19,27H,17-18,20H2,1-2H3/b16-14+. The summed E-state index contributed by atoms with van der Waals surface area (Å²) in [4.78, 5) is 14.9. The molecule has 1 amide bonds. The molecule has 0 heterocycles. The molecule has 0 unspecified atom stereocenters. The van der Waals surface area contributed by atoms with Gasteiger partial charge in [0.15, 0.2) is 0 Å². The maximum absolute atomic E-state index is 13.1. The highest BCUT2D eigenvalue weighted by Crippen LogP contribution is 2.25. The number of methoxy groups -OCH3 is 1. The van der Waals surface area contributed by atoms with Crippen LogP contribution in [-0.2, 0) is 27.8 Å². The Morgan fingerprint density at radius 2 is 1.61 bits per heavy atom. The SMILES string of the molecule is CNS(=O)(=O)c1cc(/C=C/C(=O)N(CCc2ccccc2)Cc2ccccc2)ccc1OC. The Morgan fingerprint density at radius 1 is 0.970 bits per heavy atom. The molecule has 6 nitrogen and oxygen atoms in total. The van der Waals surface area contributed by atoms with Crippen molar-refractivity contribution in [3.05, 3.63) is 102 Å². The van der Waals surface area contributed by atoms with Crippen molar-refractivity contribution in [3.63, 3.8) is 0 Å². The van der Waals surface area contributed by atoms with Crippen molar-refractivity contribution >= 4 is 22.0 Å². The van der Waals surface area contributed by atoms with E-state index in [9.17, 15) is 13.2 Å². The van der Waals surface area contributed by atoms with Crippen LogP contribution in [-0.4, -0.2) is 39.9 Å². The maximum Gasteiger partial charge on any atom is 0.246 e. The van der Waals surface area contributed by atoms with Crippen LogP contribution in [0.4, 0.5) is 0 Å². The number of hydrogen-bond acceptors (Lipinski definition) is 4. The van der Waals surface area contributed by atoms with E-state index in [-0.39, 0.29) is 16.6 Å². The number of carbonyl (C=O) groups is 1. The monoisotopic (exact) mass is 464 g/mol. The Labute approximate surface area is 195 Å². The summed E-state index contributed by atoms with van der Waals surface area (Å²) in [5.41, 5.74) is 2.78. The molecular weight excluding hydrogens is 436 g/mol. The smallest absolute Gasteiger partial charge is 0.246 e. The molecule has 33 heavy (non-hydrogen) atoms. The number of benzene rings is 3. The lowest BCUT2D eigenvalue weighted by Gasteiger charge is -2.21. The van der Waals surface area contributed by atoms with Gasteiger partial charge in [-0.15, -0.1) is 0 Å². The minimum atomic E-state index is -3.70. The van der Waals surface area contributed by atoms with Crippen molar-refractivity contribution in [3.8, 4) is 5.75 Å². The summed E-state index contributed by atoms with van der Waals surface area (Å²) >= 11 is 0. The number of hydrogen-bond donors (Lipinski definition) is 1. The quantitative estimate of drug-likeness (QED) is 0.462. The predicted octanol–water partition coefficient (Wildman–Crippen LogP) is 3.89. The van der Waals surface area contributed by atoms with Crippen LogP contribution < -0.4 is 9.46 Å². The third-order valence-corrected chi connectivity index (χ3v) is 6.64. The summed E-state index contributed by atoms with van der Waals surface area (Å²) in [6.45, 7) is 1.04. The second-order valence-electron chi connectivity index (χ2n) is 7.43. The van der Waals surface area contributed by atoms with E-state index in [4.69, 9.17) is 4.74 Å². The molecule has 0 aliphatic heterocycles. The normalized spacial score (nSPS) is 11.5. The van der Waals surface area contributed by atoms with Gasteiger partial charge in [0.05, 0.1) is 7.11 Å². The van der Waals surface area contributed by atoms with Gasteiger partial charge in [-0.2, -0.15) is 0 Å². The van der Waals surface area contributed by atoms with E-state index in [2.05, 4.69) is 4.72 Å². The molecular formula is C26H28N2O4S. The number of sulfonamides is 1. The van der Waals surface area contributed by atoms with E-state index < -0.39 is 10.0 Å². The summed E-state index contributed by atoms with van der Waals surface area (Å²) in [5.74, 6) is 0.0880.